The van der Waals surface area contributed by atoms with Crippen LogP contribution in [0, 0.1) is 6.92 Å². The summed E-state index contributed by atoms with van der Waals surface area (Å²) in [6, 6.07) is 2.51. The summed E-state index contributed by atoms with van der Waals surface area (Å²) in [6.07, 6.45) is 5.32. The Morgan fingerprint density at radius 3 is 3.17 bits per heavy atom. The van der Waals surface area contributed by atoms with Gasteiger partial charge in [0.25, 0.3) is 0 Å². The maximum absolute atomic E-state index is 5.38. The fourth-order valence-electron chi connectivity index (χ4n) is 2.58. The van der Waals surface area contributed by atoms with Gasteiger partial charge in [-0.05, 0) is 38.8 Å². The lowest BCUT2D eigenvalue weighted by Crippen LogP contribution is -2.23. The smallest absolute Gasteiger partial charge is 0.127 e. The van der Waals surface area contributed by atoms with Crippen molar-refractivity contribution in [2.75, 3.05) is 6.54 Å². The molecule has 0 aliphatic heterocycles. The molecule has 0 fully saturated rings. The summed E-state index contributed by atoms with van der Waals surface area (Å²) in [4.78, 5) is 6.23. The SMILES string of the molecule is CCNC1CCCc2nc(-c3ccoc3C)sc21. The van der Waals surface area contributed by atoms with Crippen molar-refractivity contribution >= 4 is 11.3 Å². The first kappa shape index (κ1) is 11.9. The number of thiazole rings is 1. The largest absolute Gasteiger partial charge is 0.469 e. The van der Waals surface area contributed by atoms with Crippen LogP contribution in [-0.4, -0.2) is 11.5 Å². The number of hydrogen-bond acceptors (Lipinski definition) is 4. The zero-order chi connectivity index (χ0) is 12.5. The minimum atomic E-state index is 0.497. The van der Waals surface area contributed by atoms with Crippen molar-refractivity contribution in [2.24, 2.45) is 0 Å². The van der Waals surface area contributed by atoms with E-state index >= 15 is 0 Å². The highest BCUT2D eigenvalue weighted by Crippen LogP contribution is 2.38. The maximum atomic E-state index is 5.38. The van der Waals surface area contributed by atoms with E-state index in [0.29, 0.717) is 6.04 Å². The fourth-order valence-corrected chi connectivity index (χ4v) is 3.88. The Kier molecular flexibility index (Phi) is 3.22. The molecule has 1 unspecified atom stereocenters. The van der Waals surface area contributed by atoms with Crippen molar-refractivity contribution in [3.8, 4) is 10.6 Å². The van der Waals surface area contributed by atoms with E-state index in [1.54, 1.807) is 6.26 Å². The van der Waals surface area contributed by atoms with E-state index in [0.717, 1.165) is 29.3 Å². The quantitative estimate of drug-likeness (QED) is 0.916. The van der Waals surface area contributed by atoms with E-state index in [1.165, 1.54) is 23.4 Å². The van der Waals surface area contributed by atoms with Gasteiger partial charge in [-0.2, -0.15) is 0 Å². The first-order valence-corrected chi connectivity index (χ1v) is 7.38. The van der Waals surface area contributed by atoms with Crippen molar-refractivity contribution in [2.45, 2.75) is 39.2 Å². The highest BCUT2D eigenvalue weighted by molar-refractivity contribution is 7.15. The Labute approximate surface area is 111 Å². The van der Waals surface area contributed by atoms with Gasteiger partial charge in [-0.3, -0.25) is 0 Å². The van der Waals surface area contributed by atoms with Crippen molar-refractivity contribution in [3.63, 3.8) is 0 Å². The monoisotopic (exact) mass is 262 g/mol. The third-order valence-corrected chi connectivity index (χ3v) is 4.73. The van der Waals surface area contributed by atoms with E-state index in [4.69, 9.17) is 9.40 Å². The van der Waals surface area contributed by atoms with Crippen molar-refractivity contribution < 1.29 is 4.42 Å². The van der Waals surface area contributed by atoms with Gasteiger partial charge in [0.05, 0.1) is 17.5 Å². The van der Waals surface area contributed by atoms with Gasteiger partial charge in [0, 0.05) is 10.9 Å². The standard InChI is InChI=1S/C14H18N2OS/c1-3-15-11-5-4-6-12-13(11)18-14(16-12)10-7-8-17-9(10)2/h7-8,11,15H,3-6H2,1-2H3. The summed E-state index contributed by atoms with van der Waals surface area (Å²) < 4.78 is 5.38. The molecule has 4 heteroatoms. The normalized spacial score (nSPS) is 18.9. The van der Waals surface area contributed by atoms with Crippen LogP contribution in [0.2, 0.25) is 0 Å². The molecule has 1 atom stereocenters. The van der Waals surface area contributed by atoms with E-state index in [-0.39, 0.29) is 0 Å². The number of nitrogens with zero attached hydrogens (tertiary/aromatic N) is 1. The molecule has 0 amide bonds. The Morgan fingerprint density at radius 1 is 1.56 bits per heavy atom. The number of rotatable bonds is 3. The molecule has 0 saturated heterocycles. The zero-order valence-electron chi connectivity index (χ0n) is 10.8. The Bertz CT molecular complexity index is 544. The van der Waals surface area contributed by atoms with Gasteiger partial charge in [-0.1, -0.05) is 6.92 Å². The summed E-state index contributed by atoms with van der Waals surface area (Å²) in [6.45, 7) is 5.18. The van der Waals surface area contributed by atoms with Gasteiger partial charge < -0.3 is 9.73 Å². The average molecular weight is 262 g/mol. The van der Waals surface area contributed by atoms with E-state index < -0.39 is 0 Å². The topological polar surface area (TPSA) is 38.1 Å². The van der Waals surface area contributed by atoms with Gasteiger partial charge in [-0.15, -0.1) is 11.3 Å². The highest BCUT2D eigenvalue weighted by atomic mass is 32.1. The summed E-state index contributed by atoms with van der Waals surface area (Å²) in [5.41, 5.74) is 2.43. The van der Waals surface area contributed by atoms with Crippen LogP contribution in [-0.2, 0) is 6.42 Å². The molecular weight excluding hydrogens is 244 g/mol. The molecule has 2 aromatic heterocycles. The predicted octanol–water partition coefficient (Wildman–Crippen LogP) is 3.70. The van der Waals surface area contributed by atoms with Crippen LogP contribution in [0.1, 0.15) is 42.1 Å². The van der Waals surface area contributed by atoms with E-state index in [1.807, 2.05) is 24.3 Å². The predicted molar refractivity (Wildman–Crippen MR) is 73.9 cm³/mol. The third kappa shape index (κ3) is 1.99. The van der Waals surface area contributed by atoms with Crippen LogP contribution >= 0.6 is 11.3 Å². The van der Waals surface area contributed by atoms with Crippen molar-refractivity contribution in [1.82, 2.24) is 10.3 Å². The lowest BCUT2D eigenvalue weighted by Gasteiger charge is -2.21. The molecule has 2 heterocycles. The fraction of sp³-hybridized carbons (Fsp3) is 0.500. The van der Waals surface area contributed by atoms with Gasteiger partial charge in [0.2, 0.25) is 0 Å². The second-order valence-corrected chi connectivity index (χ2v) is 5.75. The number of aryl methyl sites for hydroxylation is 2. The maximum Gasteiger partial charge on any atom is 0.127 e. The average Bonchev–Trinajstić information content (AvgIpc) is 2.95. The molecule has 1 aliphatic rings. The molecule has 1 aliphatic carbocycles. The number of nitrogens with one attached hydrogen (secondary N) is 1. The lowest BCUT2D eigenvalue weighted by atomic mass is 9.98. The van der Waals surface area contributed by atoms with Crippen LogP contribution in [0.3, 0.4) is 0 Å². The Hall–Kier alpha value is -1.13. The molecule has 1 N–H and O–H groups in total. The molecule has 3 rings (SSSR count). The van der Waals surface area contributed by atoms with Gasteiger partial charge in [0.1, 0.15) is 10.8 Å². The minimum Gasteiger partial charge on any atom is -0.469 e. The number of hydrogen-bond donors (Lipinski definition) is 1. The van der Waals surface area contributed by atoms with Crippen molar-refractivity contribution in [1.29, 1.82) is 0 Å². The third-order valence-electron chi connectivity index (χ3n) is 3.49. The van der Waals surface area contributed by atoms with Gasteiger partial charge in [0.15, 0.2) is 0 Å². The molecule has 0 spiro atoms. The second kappa shape index (κ2) is 4.86. The summed E-state index contributed by atoms with van der Waals surface area (Å²) in [7, 11) is 0. The van der Waals surface area contributed by atoms with E-state index in [9.17, 15) is 0 Å². The van der Waals surface area contributed by atoms with Crippen LogP contribution in [0.5, 0.6) is 0 Å². The van der Waals surface area contributed by atoms with Crippen molar-refractivity contribution in [3.05, 3.63) is 28.7 Å². The molecule has 18 heavy (non-hydrogen) atoms. The first-order valence-electron chi connectivity index (χ1n) is 6.57. The van der Waals surface area contributed by atoms with Gasteiger partial charge >= 0.3 is 0 Å². The van der Waals surface area contributed by atoms with Crippen LogP contribution in [0.15, 0.2) is 16.7 Å². The Morgan fingerprint density at radius 2 is 2.44 bits per heavy atom. The first-order chi connectivity index (χ1) is 8.79. The second-order valence-electron chi connectivity index (χ2n) is 4.72. The molecule has 0 aromatic carbocycles. The molecule has 3 nitrogen and oxygen atoms in total. The minimum absolute atomic E-state index is 0.497. The molecular formula is C14H18N2OS. The summed E-state index contributed by atoms with van der Waals surface area (Å²) >= 11 is 1.82. The number of fused-ring (bicyclic) bond motifs is 1. The van der Waals surface area contributed by atoms with E-state index in [2.05, 4.69) is 12.2 Å². The molecule has 0 radical (unpaired) electrons. The zero-order valence-corrected chi connectivity index (χ0v) is 11.6. The molecule has 0 saturated carbocycles. The van der Waals surface area contributed by atoms with Gasteiger partial charge in [-0.25, -0.2) is 4.98 Å². The summed E-state index contributed by atoms with van der Waals surface area (Å²) in [5.74, 6) is 0.959. The molecule has 96 valence electrons. The van der Waals surface area contributed by atoms with Crippen LogP contribution < -0.4 is 5.32 Å². The number of aromatic nitrogens is 1. The Balaban J connectivity index is 1.98. The lowest BCUT2D eigenvalue weighted by molar-refractivity contribution is 0.476. The molecule has 2 aromatic rings. The summed E-state index contributed by atoms with van der Waals surface area (Å²) in [5, 5.41) is 4.67. The highest BCUT2D eigenvalue weighted by Gasteiger charge is 2.24. The number of furan rings is 1. The van der Waals surface area contributed by atoms with Crippen LogP contribution in [0.4, 0.5) is 0 Å². The van der Waals surface area contributed by atoms with Crippen LogP contribution in [0.25, 0.3) is 10.6 Å². The molecule has 0 bridgehead atoms.